The zero-order chi connectivity index (χ0) is 18.0. The molecule has 1 aromatic carbocycles. The van der Waals surface area contributed by atoms with Crippen LogP contribution in [0, 0.1) is 12.8 Å². The maximum Gasteiger partial charge on any atom is 0.252 e. The fourth-order valence-corrected chi connectivity index (χ4v) is 5.61. The second-order valence-electron chi connectivity index (χ2n) is 6.06. The first-order valence-corrected chi connectivity index (χ1v) is 10.7. The number of carbonyl (C=O) groups excluding carboxylic acids is 1. The predicted octanol–water partition coefficient (Wildman–Crippen LogP) is 3.75. The second kappa shape index (κ2) is 7.45. The van der Waals surface area contributed by atoms with Gasteiger partial charge in [-0.05, 0) is 48.9 Å². The highest BCUT2D eigenvalue weighted by Crippen LogP contribution is 2.27. The molecule has 5 nitrogen and oxygen atoms in total. The van der Waals surface area contributed by atoms with Gasteiger partial charge in [0.2, 0.25) is 5.91 Å². The number of hydrogen-bond donors (Lipinski definition) is 1. The molecule has 0 unspecified atom stereocenters. The van der Waals surface area contributed by atoms with Crippen LogP contribution in [-0.4, -0.2) is 31.7 Å². The molecule has 0 aliphatic carbocycles. The minimum Gasteiger partial charge on any atom is -0.326 e. The minimum atomic E-state index is -3.43. The standard InChI is InChI=1S/C17H19ClN2O3S2/c1-12-4-5-14(11-15(12)18)19-17(21)13-6-8-20(9-7-13)25(22,23)16-3-2-10-24-16/h2-5,10-11,13H,6-9H2,1H3,(H,19,21). The van der Waals surface area contributed by atoms with E-state index in [9.17, 15) is 13.2 Å². The smallest absolute Gasteiger partial charge is 0.252 e. The van der Waals surface area contributed by atoms with Gasteiger partial charge in [-0.2, -0.15) is 4.31 Å². The van der Waals surface area contributed by atoms with Gasteiger partial charge >= 0.3 is 0 Å². The molecule has 134 valence electrons. The molecule has 0 spiro atoms. The van der Waals surface area contributed by atoms with Crippen LogP contribution in [0.1, 0.15) is 18.4 Å². The van der Waals surface area contributed by atoms with Gasteiger partial charge in [-0.25, -0.2) is 8.42 Å². The van der Waals surface area contributed by atoms with E-state index in [0.717, 1.165) is 5.56 Å². The van der Waals surface area contributed by atoms with Gasteiger partial charge in [0.05, 0.1) is 0 Å². The van der Waals surface area contributed by atoms with Gasteiger partial charge in [0.15, 0.2) is 0 Å². The molecule has 0 atom stereocenters. The third-order valence-corrected chi connectivity index (χ3v) is 8.03. The van der Waals surface area contributed by atoms with E-state index >= 15 is 0 Å². The molecule has 1 amide bonds. The Hall–Kier alpha value is -1.41. The number of hydrogen-bond acceptors (Lipinski definition) is 4. The zero-order valence-corrected chi connectivity index (χ0v) is 16.1. The molecule has 1 N–H and O–H groups in total. The molecule has 1 saturated heterocycles. The first-order valence-electron chi connectivity index (χ1n) is 7.98. The third-order valence-electron chi connectivity index (χ3n) is 4.35. The Morgan fingerprint density at radius 3 is 2.60 bits per heavy atom. The Balaban J connectivity index is 1.60. The van der Waals surface area contributed by atoms with Crippen molar-refractivity contribution in [3.63, 3.8) is 0 Å². The molecule has 3 rings (SSSR count). The molecule has 8 heteroatoms. The molecule has 1 aliphatic rings. The van der Waals surface area contributed by atoms with Crippen LogP contribution < -0.4 is 5.32 Å². The van der Waals surface area contributed by atoms with Gasteiger partial charge in [-0.3, -0.25) is 4.79 Å². The fourth-order valence-electron chi connectivity index (χ4n) is 2.81. The quantitative estimate of drug-likeness (QED) is 0.852. The summed E-state index contributed by atoms with van der Waals surface area (Å²) in [6.45, 7) is 2.61. The number of thiophene rings is 1. The van der Waals surface area contributed by atoms with Crippen molar-refractivity contribution in [1.29, 1.82) is 0 Å². The summed E-state index contributed by atoms with van der Waals surface area (Å²) < 4.78 is 26.8. The highest BCUT2D eigenvalue weighted by atomic mass is 35.5. The van der Waals surface area contributed by atoms with E-state index in [-0.39, 0.29) is 11.8 Å². The largest absolute Gasteiger partial charge is 0.326 e. The highest BCUT2D eigenvalue weighted by molar-refractivity contribution is 7.91. The molecule has 0 bridgehead atoms. The summed E-state index contributed by atoms with van der Waals surface area (Å²) in [4.78, 5) is 12.4. The van der Waals surface area contributed by atoms with Gasteiger partial charge < -0.3 is 5.32 Å². The lowest BCUT2D eigenvalue weighted by Gasteiger charge is -2.30. The number of halogens is 1. The lowest BCUT2D eigenvalue weighted by Crippen LogP contribution is -2.41. The fraction of sp³-hybridized carbons (Fsp3) is 0.353. The monoisotopic (exact) mass is 398 g/mol. The second-order valence-corrected chi connectivity index (χ2v) is 9.58. The third kappa shape index (κ3) is 4.06. The Morgan fingerprint density at radius 1 is 1.28 bits per heavy atom. The van der Waals surface area contributed by atoms with Crippen molar-refractivity contribution in [2.45, 2.75) is 24.0 Å². The number of amides is 1. The predicted molar refractivity (Wildman–Crippen MR) is 101 cm³/mol. The molecule has 2 heterocycles. The number of nitrogens with zero attached hydrogens (tertiary/aromatic N) is 1. The van der Waals surface area contributed by atoms with Crippen LogP contribution in [0.4, 0.5) is 5.69 Å². The van der Waals surface area contributed by atoms with Gasteiger partial charge in [-0.1, -0.05) is 23.7 Å². The summed E-state index contributed by atoms with van der Waals surface area (Å²) in [5.74, 6) is -0.289. The van der Waals surface area contributed by atoms with E-state index in [1.54, 1.807) is 23.6 Å². The van der Waals surface area contributed by atoms with E-state index < -0.39 is 10.0 Å². The molecule has 25 heavy (non-hydrogen) atoms. The molecule has 0 saturated carbocycles. The van der Waals surface area contributed by atoms with Gasteiger partial charge in [0.1, 0.15) is 4.21 Å². The lowest BCUT2D eigenvalue weighted by atomic mass is 9.97. The summed E-state index contributed by atoms with van der Waals surface area (Å²) in [6.07, 6.45) is 1.02. The van der Waals surface area contributed by atoms with Crippen LogP contribution in [0.15, 0.2) is 39.9 Å². The molecule has 1 fully saturated rings. The Labute approximate surface area is 156 Å². The molecule has 1 aliphatic heterocycles. The normalized spacial score (nSPS) is 16.7. The van der Waals surface area contributed by atoms with Crippen LogP contribution in [0.5, 0.6) is 0 Å². The maximum absolute atomic E-state index is 12.5. The maximum atomic E-state index is 12.5. The summed E-state index contributed by atoms with van der Waals surface area (Å²) >= 11 is 7.29. The van der Waals surface area contributed by atoms with Crippen molar-refractivity contribution in [3.05, 3.63) is 46.3 Å². The first kappa shape index (κ1) is 18.4. The van der Waals surface area contributed by atoms with Crippen molar-refractivity contribution in [3.8, 4) is 0 Å². The Bertz CT molecular complexity index is 858. The van der Waals surface area contributed by atoms with Crippen molar-refractivity contribution < 1.29 is 13.2 Å². The van der Waals surface area contributed by atoms with Crippen LogP contribution in [-0.2, 0) is 14.8 Å². The van der Waals surface area contributed by atoms with Crippen molar-refractivity contribution in [1.82, 2.24) is 4.31 Å². The number of anilines is 1. The number of aryl methyl sites for hydroxylation is 1. The average Bonchev–Trinajstić information content (AvgIpc) is 3.14. The van der Waals surface area contributed by atoms with E-state index in [1.165, 1.54) is 15.6 Å². The van der Waals surface area contributed by atoms with Gasteiger partial charge in [0, 0.05) is 29.7 Å². The lowest BCUT2D eigenvalue weighted by molar-refractivity contribution is -0.120. The van der Waals surface area contributed by atoms with Crippen molar-refractivity contribution >= 4 is 44.6 Å². The average molecular weight is 399 g/mol. The number of rotatable bonds is 4. The molecule has 1 aromatic heterocycles. The minimum absolute atomic E-state index is 0.0897. The van der Waals surface area contributed by atoms with Gasteiger partial charge in [-0.15, -0.1) is 11.3 Å². The van der Waals surface area contributed by atoms with Crippen LogP contribution in [0.2, 0.25) is 5.02 Å². The number of carbonyl (C=O) groups is 1. The van der Waals surface area contributed by atoms with E-state index in [4.69, 9.17) is 11.6 Å². The van der Waals surface area contributed by atoms with Crippen molar-refractivity contribution in [2.75, 3.05) is 18.4 Å². The highest BCUT2D eigenvalue weighted by Gasteiger charge is 2.32. The van der Waals surface area contributed by atoms with E-state index in [2.05, 4.69) is 5.32 Å². The zero-order valence-electron chi connectivity index (χ0n) is 13.7. The Kier molecular flexibility index (Phi) is 5.48. The van der Waals surface area contributed by atoms with Crippen LogP contribution in [0.25, 0.3) is 0 Å². The summed E-state index contributed by atoms with van der Waals surface area (Å²) in [7, 11) is -3.43. The number of sulfonamides is 1. The molecule has 0 radical (unpaired) electrons. The van der Waals surface area contributed by atoms with Crippen LogP contribution >= 0.6 is 22.9 Å². The van der Waals surface area contributed by atoms with Crippen molar-refractivity contribution in [2.24, 2.45) is 5.92 Å². The number of piperidine rings is 1. The van der Waals surface area contributed by atoms with Crippen LogP contribution in [0.3, 0.4) is 0 Å². The topological polar surface area (TPSA) is 66.5 Å². The first-order chi connectivity index (χ1) is 11.9. The van der Waals surface area contributed by atoms with E-state index in [1.807, 2.05) is 19.1 Å². The SMILES string of the molecule is Cc1ccc(NC(=O)C2CCN(S(=O)(=O)c3cccs3)CC2)cc1Cl. The summed E-state index contributed by atoms with van der Waals surface area (Å²) in [6, 6.07) is 8.74. The molecular formula is C17H19ClN2O3S2. The molecule has 2 aromatic rings. The molecular weight excluding hydrogens is 380 g/mol. The van der Waals surface area contributed by atoms with Gasteiger partial charge in [0.25, 0.3) is 10.0 Å². The summed E-state index contributed by atoms with van der Waals surface area (Å²) in [5.41, 5.74) is 1.61. The summed E-state index contributed by atoms with van der Waals surface area (Å²) in [5, 5.41) is 5.23. The number of nitrogens with one attached hydrogen (secondary N) is 1. The van der Waals surface area contributed by atoms with E-state index in [0.29, 0.717) is 40.9 Å². The number of benzene rings is 1. The Morgan fingerprint density at radius 2 is 2.00 bits per heavy atom.